The molecule has 0 atom stereocenters. The topological polar surface area (TPSA) is 115 Å². The molecule has 0 aliphatic heterocycles. The number of aldehydes is 1. The van der Waals surface area contributed by atoms with Crippen molar-refractivity contribution in [2.24, 2.45) is 0 Å². The van der Waals surface area contributed by atoms with Crippen LogP contribution in [0, 0.1) is 10.1 Å². The Balaban J connectivity index is 1.92. The number of fused-ring (bicyclic) bond motifs is 1. The van der Waals surface area contributed by atoms with Crippen LogP contribution in [0.15, 0.2) is 36.4 Å². The summed E-state index contributed by atoms with van der Waals surface area (Å²) >= 11 is 0.951. The van der Waals surface area contributed by atoms with Crippen LogP contribution in [0.1, 0.15) is 17.8 Å². The first-order chi connectivity index (χ1) is 12.6. The Morgan fingerprint density at radius 3 is 2.73 bits per heavy atom. The number of ketones is 1. The van der Waals surface area contributed by atoms with Crippen LogP contribution in [-0.2, 0) is 22.6 Å². The van der Waals surface area contributed by atoms with Crippen molar-refractivity contribution in [1.82, 2.24) is 9.97 Å². The molecule has 2 aromatic heterocycles. The fourth-order valence-corrected chi connectivity index (χ4v) is 3.23. The Kier molecular flexibility index (Phi) is 5.28. The summed E-state index contributed by atoms with van der Waals surface area (Å²) < 4.78 is 0. The van der Waals surface area contributed by atoms with Gasteiger partial charge in [-0.25, -0.2) is 9.97 Å². The average molecular weight is 370 g/mol. The van der Waals surface area contributed by atoms with Crippen molar-refractivity contribution >= 4 is 44.4 Å². The summed E-state index contributed by atoms with van der Waals surface area (Å²) in [6.07, 6.45) is 0.461. The number of hydrogen-bond acceptors (Lipinski definition) is 8. The molecule has 1 aromatic carbocycles. The summed E-state index contributed by atoms with van der Waals surface area (Å²) in [5, 5.41) is 14.8. The molecule has 1 N–H and O–H groups in total. The van der Waals surface area contributed by atoms with Crippen molar-refractivity contribution in [2.75, 3.05) is 5.32 Å². The zero-order valence-electron chi connectivity index (χ0n) is 13.5. The Morgan fingerprint density at radius 2 is 2.04 bits per heavy atom. The van der Waals surface area contributed by atoms with E-state index in [1.807, 2.05) is 30.3 Å². The van der Waals surface area contributed by atoms with Crippen molar-refractivity contribution < 1.29 is 14.5 Å². The lowest BCUT2D eigenvalue weighted by atomic mass is 10.2. The molecule has 2 heterocycles. The number of nitro groups is 1. The number of anilines is 1. The first kappa shape index (κ1) is 17.6. The highest BCUT2D eigenvalue weighted by molar-refractivity contribution is 7.21. The minimum atomic E-state index is -0.537. The molecule has 132 valence electrons. The highest BCUT2D eigenvalue weighted by Gasteiger charge is 2.18. The molecule has 0 fully saturated rings. The van der Waals surface area contributed by atoms with Crippen molar-refractivity contribution in [3.63, 3.8) is 0 Å². The van der Waals surface area contributed by atoms with Gasteiger partial charge in [-0.2, -0.15) is 0 Å². The van der Waals surface area contributed by atoms with Crippen molar-refractivity contribution in [3.8, 4) is 0 Å². The van der Waals surface area contributed by atoms with Crippen molar-refractivity contribution in [1.29, 1.82) is 0 Å². The summed E-state index contributed by atoms with van der Waals surface area (Å²) in [4.78, 5) is 41.4. The number of thiophene rings is 1. The lowest BCUT2D eigenvalue weighted by molar-refractivity contribution is -0.380. The van der Waals surface area contributed by atoms with Crippen molar-refractivity contribution in [3.05, 3.63) is 57.9 Å². The molecule has 0 spiro atoms. The molecule has 0 saturated carbocycles. The number of hydrogen-bond donors (Lipinski definition) is 1. The fourth-order valence-electron chi connectivity index (χ4n) is 2.37. The van der Waals surface area contributed by atoms with Crippen LogP contribution in [0.3, 0.4) is 0 Å². The third kappa shape index (κ3) is 4.06. The lowest BCUT2D eigenvalue weighted by Crippen LogP contribution is -2.07. The van der Waals surface area contributed by atoms with E-state index >= 15 is 0 Å². The minimum absolute atomic E-state index is 0.000596. The van der Waals surface area contributed by atoms with Crippen LogP contribution in [-0.4, -0.2) is 27.0 Å². The predicted molar refractivity (Wildman–Crippen MR) is 97.2 cm³/mol. The number of aromatic nitrogens is 2. The molecule has 0 radical (unpaired) electrons. The van der Waals surface area contributed by atoms with Gasteiger partial charge in [-0.3, -0.25) is 19.7 Å². The monoisotopic (exact) mass is 370 g/mol. The molecule has 3 aromatic rings. The lowest BCUT2D eigenvalue weighted by Gasteiger charge is -2.08. The van der Waals surface area contributed by atoms with E-state index in [4.69, 9.17) is 0 Å². The van der Waals surface area contributed by atoms with Crippen LogP contribution < -0.4 is 5.32 Å². The summed E-state index contributed by atoms with van der Waals surface area (Å²) in [6.45, 7) is 0.489. The number of benzene rings is 1. The fraction of sp³-hybridized carbons (Fsp3) is 0.176. The highest BCUT2D eigenvalue weighted by atomic mass is 32.1. The van der Waals surface area contributed by atoms with Crippen LogP contribution in [0.5, 0.6) is 0 Å². The van der Waals surface area contributed by atoms with Gasteiger partial charge in [0.25, 0.3) is 0 Å². The minimum Gasteiger partial charge on any atom is -0.365 e. The van der Waals surface area contributed by atoms with Gasteiger partial charge in [0.05, 0.1) is 10.3 Å². The van der Waals surface area contributed by atoms with E-state index in [1.165, 1.54) is 6.07 Å². The van der Waals surface area contributed by atoms with Crippen LogP contribution in [0.4, 0.5) is 10.8 Å². The molecule has 0 unspecified atom stereocenters. The number of rotatable bonds is 8. The Labute approximate surface area is 152 Å². The number of carbonyl (C=O) groups is 2. The van der Waals surface area contributed by atoms with E-state index in [-0.39, 0.29) is 24.1 Å². The maximum absolute atomic E-state index is 11.2. The van der Waals surface area contributed by atoms with Gasteiger partial charge in [0.2, 0.25) is 0 Å². The number of nitrogens with one attached hydrogen (secondary N) is 1. The third-order valence-electron chi connectivity index (χ3n) is 3.64. The molecule has 26 heavy (non-hydrogen) atoms. The standard InChI is InChI=1S/C17H14N4O4S/c22-10-12(23)6-7-14-19-16(18-9-11-4-2-1-3-5-11)13-8-15(21(24)25)26-17(13)20-14/h1-5,8,10H,6-7,9H2,(H,18,19,20). The molecule has 3 rings (SSSR count). The quantitative estimate of drug-likeness (QED) is 0.280. The molecular formula is C17H14N4O4S. The van der Waals surface area contributed by atoms with Gasteiger partial charge in [0.15, 0.2) is 12.1 Å². The number of carbonyl (C=O) groups excluding carboxylic acids is 2. The van der Waals surface area contributed by atoms with Gasteiger partial charge in [-0.15, -0.1) is 0 Å². The molecule has 0 saturated heterocycles. The molecular weight excluding hydrogens is 356 g/mol. The highest BCUT2D eigenvalue weighted by Crippen LogP contribution is 2.34. The molecule has 0 aliphatic rings. The van der Waals surface area contributed by atoms with Gasteiger partial charge in [-0.05, 0) is 16.9 Å². The largest absolute Gasteiger partial charge is 0.365 e. The Hall–Kier alpha value is -3.20. The van der Waals surface area contributed by atoms with Gasteiger partial charge in [0.1, 0.15) is 16.5 Å². The smallest absolute Gasteiger partial charge is 0.326 e. The zero-order chi connectivity index (χ0) is 18.5. The van der Waals surface area contributed by atoms with E-state index in [2.05, 4.69) is 15.3 Å². The third-order valence-corrected chi connectivity index (χ3v) is 4.62. The predicted octanol–water partition coefficient (Wildman–Crippen LogP) is 2.91. The van der Waals surface area contributed by atoms with E-state index < -0.39 is 10.7 Å². The van der Waals surface area contributed by atoms with E-state index in [0.29, 0.717) is 28.4 Å². The van der Waals surface area contributed by atoms with E-state index in [0.717, 1.165) is 16.9 Å². The van der Waals surface area contributed by atoms with Crippen LogP contribution in [0.2, 0.25) is 0 Å². The molecule has 9 heteroatoms. The molecule has 0 amide bonds. The van der Waals surface area contributed by atoms with Crippen molar-refractivity contribution in [2.45, 2.75) is 19.4 Å². The van der Waals surface area contributed by atoms with Crippen LogP contribution >= 0.6 is 11.3 Å². The first-order valence-electron chi connectivity index (χ1n) is 7.77. The Bertz CT molecular complexity index is 972. The maximum atomic E-state index is 11.2. The number of nitrogens with zero attached hydrogens (tertiary/aromatic N) is 3. The second kappa shape index (κ2) is 7.79. The summed E-state index contributed by atoms with van der Waals surface area (Å²) in [5.74, 6) is 0.293. The molecule has 0 bridgehead atoms. The maximum Gasteiger partial charge on any atom is 0.326 e. The number of aryl methyl sites for hydroxylation is 1. The molecule has 8 nitrogen and oxygen atoms in total. The summed E-state index contributed by atoms with van der Waals surface area (Å²) in [7, 11) is 0. The first-order valence-corrected chi connectivity index (χ1v) is 8.59. The summed E-state index contributed by atoms with van der Waals surface area (Å²) in [6, 6.07) is 11.1. The van der Waals surface area contributed by atoms with Gasteiger partial charge < -0.3 is 5.32 Å². The average Bonchev–Trinajstić information content (AvgIpc) is 3.09. The normalized spacial score (nSPS) is 10.6. The van der Waals surface area contributed by atoms with Gasteiger partial charge >= 0.3 is 5.00 Å². The van der Waals surface area contributed by atoms with Gasteiger partial charge in [0, 0.05) is 25.5 Å². The van der Waals surface area contributed by atoms with E-state index in [1.54, 1.807) is 0 Å². The van der Waals surface area contributed by atoms with E-state index in [9.17, 15) is 19.7 Å². The summed E-state index contributed by atoms with van der Waals surface area (Å²) in [5.41, 5.74) is 1.03. The Morgan fingerprint density at radius 1 is 1.27 bits per heavy atom. The second-order valence-electron chi connectivity index (χ2n) is 5.47. The SMILES string of the molecule is O=CC(=O)CCc1nc(NCc2ccccc2)c2cc([N+](=O)[O-])sc2n1. The van der Waals surface area contributed by atoms with Crippen LogP contribution in [0.25, 0.3) is 10.2 Å². The zero-order valence-corrected chi connectivity index (χ0v) is 14.4. The molecule has 0 aliphatic carbocycles. The number of Topliss-reactive ketones (excluding diaryl/α,β-unsaturated/α-hetero) is 1. The second-order valence-corrected chi connectivity index (χ2v) is 6.48. The van der Waals surface area contributed by atoms with Gasteiger partial charge in [-0.1, -0.05) is 30.3 Å².